The van der Waals surface area contributed by atoms with Gasteiger partial charge in [0.2, 0.25) is 0 Å². The molecule has 2 aromatic rings. The lowest BCUT2D eigenvalue weighted by Gasteiger charge is -2.29. The smallest absolute Gasteiger partial charge is 0.187 e. The molecule has 0 unspecified atom stereocenters. The number of likely N-dealkylation sites (tertiary alicyclic amines) is 1. The standard InChI is InChI=1S/C19H19NOS2/c21-19-15(9-17-3-1-7-22-17)12-20(11-14-5-6-14)13-16(19)10-18-4-2-8-23-18/h1-4,7-10,14H,5-6,11-13H2/b15-9-,16-10-. The third-order valence-electron chi connectivity index (χ3n) is 4.30. The zero-order chi connectivity index (χ0) is 15.6. The molecule has 4 rings (SSSR count). The quantitative estimate of drug-likeness (QED) is 0.759. The van der Waals surface area contributed by atoms with E-state index in [4.69, 9.17) is 0 Å². The summed E-state index contributed by atoms with van der Waals surface area (Å²) in [4.78, 5) is 17.6. The van der Waals surface area contributed by atoms with Gasteiger partial charge in [0.15, 0.2) is 5.78 Å². The summed E-state index contributed by atoms with van der Waals surface area (Å²) in [5, 5.41) is 4.12. The zero-order valence-corrected chi connectivity index (χ0v) is 14.5. The van der Waals surface area contributed by atoms with E-state index in [0.717, 1.165) is 46.5 Å². The molecule has 1 aliphatic heterocycles. The van der Waals surface area contributed by atoms with Gasteiger partial charge in [0.25, 0.3) is 0 Å². The second-order valence-electron chi connectivity index (χ2n) is 6.31. The van der Waals surface area contributed by atoms with E-state index in [1.54, 1.807) is 22.7 Å². The third kappa shape index (κ3) is 3.71. The minimum absolute atomic E-state index is 0.221. The van der Waals surface area contributed by atoms with Crippen molar-refractivity contribution < 1.29 is 4.79 Å². The van der Waals surface area contributed by atoms with Crippen LogP contribution < -0.4 is 0 Å². The third-order valence-corrected chi connectivity index (χ3v) is 5.94. The summed E-state index contributed by atoms with van der Waals surface area (Å²) in [6, 6.07) is 8.23. The molecule has 0 N–H and O–H groups in total. The molecule has 0 spiro atoms. The summed E-state index contributed by atoms with van der Waals surface area (Å²) < 4.78 is 0. The second-order valence-corrected chi connectivity index (χ2v) is 8.27. The lowest BCUT2D eigenvalue weighted by molar-refractivity contribution is -0.113. The highest BCUT2D eigenvalue weighted by Crippen LogP contribution is 2.32. The van der Waals surface area contributed by atoms with Crippen molar-refractivity contribution in [3.8, 4) is 0 Å². The van der Waals surface area contributed by atoms with Crippen molar-refractivity contribution >= 4 is 40.6 Å². The highest BCUT2D eigenvalue weighted by molar-refractivity contribution is 7.11. The average Bonchev–Trinajstić information content (AvgIpc) is 3.01. The summed E-state index contributed by atoms with van der Waals surface area (Å²) in [5.41, 5.74) is 1.87. The van der Waals surface area contributed by atoms with Crippen LogP contribution in [0.3, 0.4) is 0 Å². The highest BCUT2D eigenvalue weighted by atomic mass is 32.1. The fourth-order valence-corrected chi connectivity index (χ4v) is 4.36. The molecule has 1 aliphatic carbocycles. The van der Waals surface area contributed by atoms with E-state index in [2.05, 4.69) is 39.9 Å². The molecule has 1 saturated heterocycles. The van der Waals surface area contributed by atoms with Crippen LogP contribution in [-0.4, -0.2) is 30.3 Å². The first-order valence-corrected chi connectivity index (χ1v) is 9.79. The molecule has 2 aliphatic rings. The van der Waals surface area contributed by atoms with Crippen LogP contribution >= 0.6 is 22.7 Å². The van der Waals surface area contributed by atoms with Crippen molar-refractivity contribution in [2.75, 3.05) is 19.6 Å². The Morgan fingerprint density at radius 3 is 2.00 bits per heavy atom. The van der Waals surface area contributed by atoms with Crippen LogP contribution in [0.25, 0.3) is 12.2 Å². The Kier molecular flexibility index (Phi) is 4.29. The molecule has 2 nitrogen and oxygen atoms in total. The first-order valence-electron chi connectivity index (χ1n) is 8.03. The molecule has 4 heteroatoms. The number of carbonyl (C=O) groups excluding carboxylic acids is 1. The molecule has 0 amide bonds. The summed E-state index contributed by atoms with van der Waals surface area (Å²) in [6.45, 7) is 2.70. The summed E-state index contributed by atoms with van der Waals surface area (Å²) in [7, 11) is 0. The molecule has 2 aromatic heterocycles. The number of hydrogen-bond donors (Lipinski definition) is 0. The molecule has 23 heavy (non-hydrogen) atoms. The number of piperidine rings is 1. The van der Waals surface area contributed by atoms with Crippen molar-refractivity contribution in [3.05, 3.63) is 55.9 Å². The zero-order valence-electron chi connectivity index (χ0n) is 12.9. The van der Waals surface area contributed by atoms with Gasteiger partial charge in [-0.25, -0.2) is 0 Å². The Morgan fingerprint density at radius 2 is 1.57 bits per heavy atom. The molecule has 2 fully saturated rings. The minimum atomic E-state index is 0.221. The molecule has 3 heterocycles. The topological polar surface area (TPSA) is 20.3 Å². The first kappa shape index (κ1) is 15.1. The van der Waals surface area contributed by atoms with Crippen molar-refractivity contribution in [2.24, 2.45) is 5.92 Å². The van der Waals surface area contributed by atoms with Gasteiger partial charge in [-0.2, -0.15) is 0 Å². The van der Waals surface area contributed by atoms with E-state index in [1.807, 2.05) is 12.1 Å². The van der Waals surface area contributed by atoms with Gasteiger partial charge < -0.3 is 0 Å². The predicted octanol–water partition coefficient (Wildman–Crippen LogP) is 4.57. The monoisotopic (exact) mass is 341 g/mol. The molecular weight excluding hydrogens is 322 g/mol. The fourth-order valence-electron chi connectivity index (χ4n) is 2.99. The SMILES string of the molecule is O=C1/C(=C\c2cccs2)CN(CC2CC2)C/C1=C/c1cccs1. The number of Topliss-reactive ketones (excluding diaryl/α,β-unsaturated/α-hetero) is 1. The van der Waals surface area contributed by atoms with Crippen molar-refractivity contribution in [1.29, 1.82) is 0 Å². The highest BCUT2D eigenvalue weighted by Gasteiger charge is 2.30. The van der Waals surface area contributed by atoms with Crippen LogP contribution in [0.15, 0.2) is 46.2 Å². The van der Waals surface area contributed by atoms with Crippen molar-refractivity contribution in [1.82, 2.24) is 4.90 Å². The predicted molar refractivity (Wildman–Crippen MR) is 98.8 cm³/mol. The number of ketones is 1. The van der Waals surface area contributed by atoms with Gasteiger partial charge in [-0.05, 0) is 53.8 Å². The van der Waals surface area contributed by atoms with Crippen LogP contribution in [0.4, 0.5) is 0 Å². The van der Waals surface area contributed by atoms with Crippen molar-refractivity contribution in [2.45, 2.75) is 12.8 Å². The second kappa shape index (κ2) is 6.56. The average molecular weight is 342 g/mol. The number of hydrogen-bond acceptors (Lipinski definition) is 4. The number of carbonyl (C=O) groups is 1. The summed E-state index contributed by atoms with van der Waals surface area (Å²) in [6.07, 6.45) is 6.85. The van der Waals surface area contributed by atoms with Crippen LogP contribution in [0, 0.1) is 5.92 Å². The number of thiophene rings is 2. The molecule has 1 saturated carbocycles. The van der Waals surface area contributed by atoms with Gasteiger partial charge in [-0.1, -0.05) is 12.1 Å². The van der Waals surface area contributed by atoms with E-state index < -0.39 is 0 Å². The summed E-state index contributed by atoms with van der Waals surface area (Å²) >= 11 is 3.38. The van der Waals surface area contributed by atoms with Crippen molar-refractivity contribution in [3.63, 3.8) is 0 Å². The Bertz CT molecular complexity index is 680. The van der Waals surface area contributed by atoms with Crippen LogP contribution in [0.2, 0.25) is 0 Å². The van der Waals surface area contributed by atoms with E-state index in [9.17, 15) is 4.79 Å². The van der Waals surface area contributed by atoms with Gasteiger partial charge in [0.05, 0.1) is 0 Å². The van der Waals surface area contributed by atoms with Gasteiger partial charge in [0, 0.05) is 40.5 Å². The first-order chi connectivity index (χ1) is 11.3. The van der Waals surface area contributed by atoms with E-state index >= 15 is 0 Å². The Labute approximate surface area is 144 Å². The molecule has 0 aromatic carbocycles. The molecular formula is C19H19NOS2. The summed E-state index contributed by atoms with van der Waals surface area (Å²) in [5.74, 6) is 1.06. The maximum Gasteiger partial charge on any atom is 0.187 e. The maximum absolute atomic E-state index is 12.9. The number of nitrogens with zero attached hydrogens (tertiary/aromatic N) is 1. The lowest BCUT2D eigenvalue weighted by Crippen LogP contribution is -2.38. The Hall–Kier alpha value is -1.49. The van der Waals surface area contributed by atoms with Gasteiger partial charge in [0.1, 0.15) is 0 Å². The van der Waals surface area contributed by atoms with Crippen LogP contribution in [0.1, 0.15) is 22.6 Å². The van der Waals surface area contributed by atoms with Crippen LogP contribution in [-0.2, 0) is 4.79 Å². The molecule has 0 atom stereocenters. The van der Waals surface area contributed by atoms with E-state index in [0.29, 0.717) is 0 Å². The lowest BCUT2D eigenvalue weighted by atomic mass is 9.96. The molecule has 0 radical (unpaired) electrons. The largest absolute Gasteiger partial charge is 0.294 e. The van der Waals surface area contributed by atoms with Crippen LogP contribution in [0.5, 0.6) is 0 Å². The van der Waals surface area contributed by atoms with Gasteiger partial charge >= 0.3 is 0 Å². The molecule has 118 valence electrons. The van der Waals surface area contributed by atoms with E-state index in [-0.39, 0.29) is 5.78 Å². The normalized spacial score (nSPS) is 23.0. The maximum atomic E-state index is 12.9. The molecule has 0 bridgehead atoms. The van der Waals surface area contributed by atoms with Gasteiger partial charge in [-0.15, -0.1) is 22.7 Å². The van der Waals surface area contributed by atoms with E-state index in [1.165, 1.54) is 12.8 Å². The Balaban J connectivity index is 1.63. The number of rotatable bonds is 4. The Morgan fingerprint density at radius 1 is 1.00 bits per heavy atom. The minimum Gasteiger partial charge on any atom is -0.294 e. The van der Waals surface area contributed by atoms with Gasteiger partial charge in [-0.3, -0.25) is 9.69 Å². The fraction of sp³-hybridized carbons (Fsp3) is 0.316.